The minimum Gasteiger partial charge on any atom is -0.444 e. The van der Waals surface area contributed by atoms with Crippen LogP contribution in [0.1, 0.15) is 47.0 Å². The number of carbonyl (C=O) groups is 1. The fraction of sp³-hybridized carbons (Fsp3) is 0.923. The van der Waals surface area contributed by atoms with Crippen molar-refractivity contribution in [1.29, 1.82) is 0 Å². The number of likely N-dealkylation sites (tertiary alicyclic amines) is 1. The molecule has 1 spiro atoms. The summed E-state index contributed by atoms with van der Waals surface area (Å²) >= 11 is 0. The fourth-order valence-electron chi connectivity index (χ4n) is 2.64. The topological polar surface area (TPSA) is 38.8 Å². The first-order valence-electron chi connectivity index (χ1n) is 6.45. The van der Waals surface area contributed by atoms with E-state index in [4.69, 9.17) is 9.47 Å². The second kappa shape index (κ2) is 4.16. The number of carbonyl (C=O) groups excluding carboxylic acids is 1. The summed E-state index contributed by atoms with van der Waals surface area (Å²) in [6, 6.07) is 0.207. The summed E-state index contributed by atoms with van der Waals surface area (Å²) in [5.74, 6) is 0. The van der Waals surface area contributed by atoms with Crippen molar-refractivity contribution >= 4 is 6.09 Å². The van der Waals surface area contributed by atoms with Gasteiger partial charge in [0.2, 0.25) is 0 Å². The van der Waals surface area contributed by atoms with Crippen LogP contribution in [0.5, 0.6) is 0 Å². The zero-order valence-corrected chi connectivity index (χ0v) is 11.3. The van der Waals surface area contributed by atoms with Crippen molar-refractivity contribution in [3.8, 4) is 0 Å². The first kappa shape index (κ1) is 12.7. The number of ether oxygens (including phenoxy) is 2. The second-order valence-electron chi connectivity index (χ2n) is 6.26. The molecule has 2 unspecified atom stereocenters. The number of hydrogen-bond donors (Lipinski definition) is 0. The molecule has 2 rings (SSSR count). The van der Waals surface area contributed by atoms with E-state index in [1.165, 1.54) is 0 Å². The molecule has 0 aliphatic carbocycles. The van der Waals surface area contributed by atoms with Gasteiger partial charge in [0, 0.05) is 12.6 Å². The minimum absolute atomic E-state index is 0.0674. The van der Waals surface area contributed by atoms with Gasteiger partial charge in [-0.15, -0.1) is 0 Å². The van der Waals surface area contributed by atoms with E-state index in [0.717, 1.165) is 32.4 Å². The van der Waals surface area contributed by atoms with Crippen LogP contribution in [-0.4, -0.2) is 41.4 Å². The Kier molecular flexibility index (Phi) is 3.10. The predicted molar refractivity (Wildman–Crippen MR) is 64.9 cm³/mol. The Morgan fingerprint density at radius 2 is 2.06 bits per heavy atom. The smallest absolute Gasteiger partial charge is 0.410 e. The van der Waals surface area contributed by atoms with E-state index in [-0.39, 0.29) is 17.7 Å². The van der Waals surface area contributed by atoms with Crippen molar-refractivity contribution in [2.45, 2.75) is 64.2 Å². The Bertz CT molecular complexity index is 304. The van der Waals surface area contributed by atoms with E-state index in [9.17, 15) is 4.79 Å². The molecule has 4 heteroatoms. The highest BCUT2D eigenvalue weighted by Gasteiger charge is 2.45. The van der Waals surface area contributed by atoms with Crippen molar-refractivity contribution < 1.29 is 14.3 Å². The summed E-state index contributed by atoms with van der Waals surface area (Å²) in [6.45, 7) is 9.39. The number of nitrogens with zero attached hydrogens (tertiary/aromatic N) is 1. The zero-order valence-electron chi connectivity index (χ0n) is 11.3. The molecule has 0 aromatic heterocycles. The van der Waals surface area contributed by atoms with Gasteiger partial charge in [0.05, 0.1) is 12.2 Å². The van der Waals surface area contributed by atoms with Crippen LogP contribution in [0.25, 0.3) is 0 Å². The molecule has 17 heavy (non-hydrogen) atoms. The van der Waals surface area contributed by atoms with E-state index in [1.54, 1.807) is 0 Å². The molecule has 4 nitrogen and oxygen atoms in total. The molecule has 1 amide bonds. The highest BCUT2D eigenvalue weighted by atomic mass is 16.6. The molecular weight excluding hydrogens is 218 g/mol. The lowest BCUT2D eigenvalue weighted by Crippen LogP contribution is -2.57. The number of rotatable bonds is 0. The minimum atomic E-state index is -0.418. The Balaban J connectivity index is 1.92. The largest absolute Gasteiger partial charge is 0.444 e. The van der Waals surface area contributed by atoms with Gasteiger partial charge in [0.1, 0.15) is 5.60 Å². The maximum Gasteiger partial charge on any atom is 0.410 e. The average Bonchev–Trinajstić information content (AvgIpc) is 2.12. The quantitative estimate of drug-likeness (QED) is 0.654. The van der Waals surface area contributed by atoms with Gasteiger partial charge in [0.15, 0.2) is 0 Å². The predicted octanol–water partition coefficient (Wildman–Crippen LogP) is 2.56. The van der Waals surface area contributed by atoms with Gasteiger partial charge in [-0.3, -0.25) is 0 Å². The van der Waals surface area contributed by atoms with E-state index in [2.05, 4.69) is 6.92 Å². The number of amides is 1. The third-order valence-electron chi connectivity index (χ3n) is 3.60. The molecule has 2 fully saturated rings. The first-order chi connectivity index (χ1) is 7.81. The van der Waals surface area contributed by atoms with Crippen LogP contribution in [0.3, 0.4) is 0 Å². The summed E-state index contributed by atoms with van der Waals surface area (Å²) in [7, 11) is 0. The second-order valence-corrected chi connectivity index (χ2v) is 6.26. The maximum absolute atomic E-state index is 12.0. The van der Waals surface area contributed by atoms with Gasteiger partial charge < -0.3 is 14.4 Å². The number of hydrogen-bond acceptors (Lipinski definition) is 3. The molecule has 2 atom stereocenters. The molecule has 2 saturated heterocycles. The summed E-state index contributed by atoms with van der Waals surface area (Å²) in [6.07, 6.45) is 2.82. The van der Waals surface area contributed by atoms with Gasteiger partial charge in [-0.2, -0.15) is 0 Å². The van der Waals surface area contributed by atoms with Gasteiger partial charge in [-0.1, -0.05) is 0 Å². The molecule has 0 saturated carbocycles. The van der Waals surface area contributed by atoms with Gasteiger partial charge in [-0.05, 0) is 47.0 Å². The molecule has 2 aliphatic heterocycles. The third-order valence-corrected chi connectivity index (χ3v) is 3.60. The fourth-order valence-corrected chi connectivity index (χ4v) is 2.64. The van der Waals surface area contributed by atoms with Crippen LogP contribution in [0, 0.1) is 0 Å². The van der Waals surface area contributed by atoms with E-state index in [0.29, 0.717) is 0 Å². The Labute approximate surface area is 103 Å². The van der Waals surface area contributed by atoms with Crippen molar-refractivity contribution in [2.24, 2.45) is 0 Å². The standard InChI is InChI=1S/C13H23NO3/c1-10-9-13(6-8-16-13)5-7-14(10)11(15)17-12(2,3)4/h10H,5-9H2,1-4H3. The Morgan fingerprint density at radius 3 is 2.47 bits per heavy atom. The van der Waals surface area contributed by atoms with Crippen LogP contribution >= 0.6 is 0 Å². The van der Waals surface area contributed by atoms with Crippen LogP contribution in [-0.2, 0) is 9.47 Å². The molecule has 0 aromatic carbocycles. The highest BCUT2D eigenvalue weighted by Crippen LogP contribution is 2.39. The number of piperidine rings is 1. The van der Waals surface area contributed by atoms with Crippen LogP contribution in [0.2, 0.25) is 0 Å². The van der Waals surface area contributed by atoms with Crippen molar-refractivity contribution in [2.75, 3.05) is 13.2 Å². The van der Waals surface area contributed by atoms with E-state index >= 15 is 0 Å². The molecule has 2 aliphatic rings. The molecular formula is C13H23NO3. The first-order valence-corrected chi connectivity index (χ1v) is 6.45. The van der Waals surface area contributed by atoms with Crippen LogP contribution in [0.4, 0.5) is 4.79 Å². The molecule has 0 bridgehead atoms. The normalized spacial score (nSPS) is 33.4. The zero-order chi connectivity index (χ0) is 12.7. The summed E-state index contributed by atoms with van der Waals surface area (Å²) in [4.78, 5) is 13.8. The lowest BCUT2D eigenvalue weighted by molar-refractivity contribution is -0.179. The molecule has 0 aromatic rings. The van der Waals surface area contributed by atoms with Crippen molar-refractivity contribution in [3.05, 3.63) is 0 Å². The lowest BCUT2D eigenvalue weighted by atomic mass is 9.81. The highest BCUT2D eigenvalue weighted by molar-refractivity contribution is 5.68. The van der Waals surface area contributed by atoms with Gasteiger partial charge >= 0.3 is 6.09 Å². The molecule has 0 N–H and O–H groups in total. The maximum atomic E-state index is 12.0. The Hall–Kier alpha value is -0.770. The van der Waals surface area contributed by atoms with E-state index in [1.807, 2.05) is 25.7 Å². The average molecular weight is 241 g/mol. The molecule has 2 heterocycles. The van der Waals surface area contributed by atoms with Crippen LogP contribution < -0.4 is 0 Å². The monoisotopic (exact) mass is 241 g/mol. The molecule has 98 valence electrons. The van der Waals surface area contributed by atoms with E-state index < -0.39 is 5.60 Å². The third kappa shape index (κ3) is 2.73. The Morgan fingerprint density at radius 1 is 1.41 bits per heavy atom. The van der Waals surface area contributed by atoms with Gasteiger partial charge in [-0.25, -0.2) is 4.79 Å². The van der Waals surface area contributed by atoms with Crippen molar-refractivity contribution in [3.63, 3.8) is 0 Å². The van der Waals surface area contributed by atoms with Crippen LogP contribution in [0.15, 0.2) is 0 Å². The SMILES string of the molecule is CC1CC2(CCO2)CCN1C(=O)OC(C)(C)C. The van der Waals surface area contributed by atoms with Crippen molar-refractivity contribution in [1.82, 2.24) is 4.90 Å². The summed E-state index contributed by atoms with van der Waals surface area (Å²) in [5.41, 5.74) is -0.350. The summed E-state index contributed by atoms with van der Waals surface area (Å²) < 4.78 is 11.1. The van der Waals surface area contributed by atoms with Gasteiger partial charge in [0.25, 0.3) is 0 Å². The summed E-state index contributed by atoms with van der Waals surface area (Å²) in [5, 5.41) is 0. The lowest BCUT2D eigenvalue weighted by Gasteiger charge is -2.50. The molecule has 0 radical (unpaired) electrons.